The molecule has 2 aliphatic rings. The van der Waals surface area contributed by atoms with Gasteiger partial charge in [0.1, 0.15) is 23.0 Å². The number of rotatable bonds is 5. The fourth-order valence-electron chi connectivity index (χ4n) is 4.78. The van der Waals surface area contributed by atoms with Crippen LogP contribution in [0.1, 0.15) is 61.7 Å². The summed E-state index contributed by atoms with van der Waals surface area (Å²) in [7, 11) is 0. The van der Waals surface area contributed by atoms with Crippen LogP contribution in [0.5, 0.6) is 0 Å². The van der Waals surface area contributed by atoms with Gasteiger partial charge in [0.05, 0.1) is 0 Å². The molecule has 0 saturated heterocycles. The maximum absolute atomic E-state index is 13.5. The molecular formula is C23H26F3N7. The molecule has 1 aliphatic carbocycles. The van der Waals surface area contributed by atoms with Gasteiger partial charge in [-0.2, -0.15) is 18.2 Å². The average Bonchev–Trinajstić information content (AvgIpc) is 3.24. The number of hydrogen-bond acceptors (Lipinski definition) is 6. The van der Waals surface area contributed by atoms with Crippen molar-refractivity contribution >= 4 is 17.5 Å². The molecule has 1 aromatic carbocycles. The summed E-state index contributed by atoms with van der Waals surface area (Å²) in [6, 6.07) is 8.75. The number of hydrogen-bond donors (Lipinski definition) is 2. The van der Waals surface area contributed by atoms with Crippen molar-refractivity contribution in [2.75, 3.05) is 10.6 Å². The van der Waals surface area contributed by atoms with Crippen molar-refractivity contribution in [3.8, 4) is 0 Å². The molecule has 2 N–H and O–H groups in total. The Morgan fingerprint density at radius 1 is 1.00 bits per heavy atom. The normalized spacial score (nSPS) is 20.8. The van der Waals surface area contributed by atoms with Gasteiger partial charge in [-0.1, -0.05) is 24.6 Å². The van der Waals surface area contributed by atoms with Crippen LogP contribution in [-0.4, -0.2) is 30.8 Å². The number of halogens is 3. The number of nitrogens with one attached hydrogen (secondary N) is 2. The van der Waals surface area contributed by atoms with E-state index in [2.05, 4.69) is 35.4 Å². The highest BCUT2D eigenvalue weighted by atomic mass is 19.4. The van der Waals surface area contributed by atoms with Crippen molar-refractivity contribution < 1.29 is 13.2 Å². The second-order valence-corrected chi connectivity index (χ2v) is 8.73. The standard InChI is InChI=1S/C23H26F3N7/c24-23(25,26)18-14-27-22(30-20(18)28-16-8-2-1-3-9-16)29-17-10-6-7-15(13-17)21-32-31-19-11-4-5-12-33(19)21/h1-3,8-9,14-15,17H,4-7,10-13H2,(H2,27,28,29,30)/t15-,17+/m0/s1. The summed E-state index contributed by atoms with van der Waals surface area (Å²) < 4.78 is 42.9. The van der Waals surface area contributed by atoms with E-state index in [0.717, 1.165) is 69.3 Å². The zero-order valence-corrected chi connectivity index (χ0v) is 18.1. The Kier molecular flexibility index (Phi) is 5.90. The molecular weight excluding hydrogens is 431 g/mol. The van der Waals surface area contributed by atoms with Gasteiger partial charge in [0, 0.05) is 36.8 Å². The predicted molar refractivity (Wildman–Crippen MR) is 118 cm³/mol. The number of nitrogens with zero attached hydrogens (tertiary/aromatic N) is 5. The Bertz CT molecular complexity index is 1100. The molecule has 3 aromatic rings. The van der Waals surface area contributed by atoms with E-state index in [1.807, 2.05) is 0 Å². The predicted octanol–water partition coefficient (Wildman–Crippen LogP) is 5.31. The van der Waals surface area contributed by atoms with Gasteiger partial charge in [-0.3, -0.25) is 0 Å². The molecule has 0 amide bonds. The maximum Gasteiger partial charge on any atom is 0.421 e. The smallest absolute Gasteiger partial charge is 0.351 e. The van der Waals surface area contributed by atoms with Crippen molar-refractivity contribution in [2.24, 2.45) is 0 Å². The zero-order valence-electron chi connectivity index (χ0n) is 18.1. The zero-order chi connectivity index (χ0) is 22.8. The van der Waals surface area contributed by atoms with Crippen LogP contribution in [-0.2, 0) is 19.1 Å². The minimum absolute atomic E-state index is 0.0570. The van der Waals surface area contributed by atoms with Crippen LogP contribution >= 0.6 is 0 Å². The summed E-state index contributed by atoms with van der Waals surface area (Å²) >= 11 is 0. The first-order chi connectivity index (χ1) is 16.0. The summed E-state index contributed by atoms with van der Waals surface area (Å²) in [4.78, 5) is 8.18. The molecule has 2 atom stereocenters. The summed E-state index contributed by atoms with van der Waals surface area (Å²) in [6.07, 6.45) is 3.31. The molecule has 1 aliphatic heterocycles. The Labute approximate surface area is 189 Å². The summed E-state index contributed by atoms with van der Waals surface area (Å²) in [5, 5.41) is 14.9. The molecule has 0 radical (unpaired) electrons. The number of para-hydroxylation sites is 1. The number of benzene rings is 1. The van der Waals surface area contributed by atoms with E-state index in [9.17, 15) is 13.2 Å². The van der Waals surface area contributed by atoms with Gasteiger partial charge in [-0.15, -0.1) is 10.2 Å². The minimum atomic E-state index is -4.56. The summed E-state index contributed by atoms with van der Waals surface area (Å²) in [5.41, 5.74) is -0.365. The van der Waals surface area contributed by atoms with Crippen molar-refractivity contribution in [1.82, 2.24) is 24.7 Å². The van der Waals surface area contributed by atoms with E-state index >= 15 is 0 Å². The largest absolute Gasteiger partial charge is 0.421 e. The Morgan fingerprint density at radius 3 is 2.67 bits per heavy atom. The Balaban J connectivity index is 1.34. The monoisotopic (exact) mass is 457 g/mol. The SMILES string of the molecule is FC(F)(F)c1cnc(N[C@@H]2CCC[C@H](c3nnc4n3CCCC4)C2)nc1Nc1ccccc1. The topological polar surface area (TPSA) is 80.6 Å². The van der Waals surface area contributed by atoms with Crippen LogP contribution in [0.25, 0.3) is 0 Å². The molecule has 0 bridgehead atoms. The lowest BCUT2D eigenvalue weighted by molar-refractivity contribution is -0.137. The number of aryl methyl sites for hydroxylation is 1. The lowest BCUT2D eigenvalue weighted by atomic mass is 9.85. The number of fused-ring (bicyclic) bond motifs is 1. The van der Waals surface area contributed by atoms with Gasteiger partial charge < -0.3 is 15.2 Å². The van der Waals surface area contributed by atoms with Crippen LogP contribution in [0.4, 0.5) is 30.6 Å². The first kappa shape index (κ1) is 21.7. The molecule has 0 spiro atoms. The number of alkyl halides is 3. The van der Waals surface area contributed by atoms with Crippen LogP contribution in [0, 0.1) is 0 Å². The van der Waals surface area contributed by atoms with Crippen LogP contribution in [0.2, 0.25) is 0 Å². The summed E-state index contributed by atoms with van der Waals surface area (Å²) in [5.74, 6) is 2.30. The maximum atomic E-state index is 13.5. The van der Waals surface area contributed by atoms with Crippen LogP contribution in [0.3, 0.4) is 0 Å². The van der Waals surface area contributed by atoms with Crippen molar-refractivity contribution in [1.29, 1.82) is 0 Å². The first-order valence-corrected chi connectivity index (χ1v) is 11.4. The third-order valence-electron chi connectivity index (χ3n) is 6.39. The second-order valence-electron chi connectivity index (χ2n) is 8.73. The van der Waals surface area contributed by atoms with Gasteiger partial charge in [0.25, 0.3) is 0 Å². The van der Waals surface area contributed by atoms with E-state index in [4.69, 9.17) is 0 Å². The van der Waals surface area contributed by atoms with E-state index in [-0.39, 0.29) is 23.7 Å². The molecule has 1 saturated carbocycles. The quantitative estimate of drug-likeness (QED) is 0.541. The highest BCUT2D eigenvalue weighted by Crippen LogP contribution is 2.37. The van der Waals surface area contributed by atoms with Gasteiger partial charge in [-0.25, -0.2) is 4.98 Å². The first-order valence-electron chi connectivity index (χ1n) is 11.4. The minimum Gasteiger partial charge on any atom is -0.351 e. The molecule has 0 unspecified atom stereocenters. The highest BCUT2D eigenvalue weighted by molar-refractivity contribution is 5.60. The third-order valence-corrected chi connectivity index (χ3v) is 6.39. The average molecular weight is 458 g/mol. The van der Waals surface area contributed by atoms with Gasteiger partial charge >= 0.3 is 6.18 Å². The molecule has 174 valence electrons. The molecule has 10 heteroatoms. The van der Waals surface area contributed by atoms with E-state index in [1.165, 1.54) is 0 Å². The fraction of sp³-hybridized carbons (Fsp3) is 0.478. The lowest BCUT2D eigenvalue weighted by Crippen LogP contribution is -2.29. The molecule has 7 nitrogen and oxygen atoms in total. The molecule has 5 rings (SSSR count). The second kappa shape index (κ2) is 8.99. The Morgan fingerprint density at radius 2 is 1.85 bits per heavy atom. The van der Waals surface area contributed by atoms with E-state index < -0.39 is 11.7 Å². The van der Waals surface area contributed by atoms with Crippen LogP contribution < -0.4 is 10.6 Å². The van der Waals surface area contributed by atoms with Crippen molar-refractivity contribution in [3.63, 3.8) is 0 Å². The fourth-order valence-corrected chi connectivity index (χ4v) is 4.78. The lowest BCUT2D eigenvalue weighted by Gasteiger charge is -2.30. The molecule has 2 aromatic heterocycles. The van der Waals surface area contributed by atoms with Crippen molar-refractivity contribution in [2.45, 2.75) is 69.6 Å². The van der Waals surface area contributed by atoms with Gasteiger partial charge in [0.15, 0.2) is 0 Å². The molecule has 3 heterocycles. The molecule has 1 fully saturated rings. The van der Waals surface area contributed by atoms with Crippen molar-refractivity contribution in [3.05, 3.63) is 53.7 Å². The number of aromatic nitrogens is 5. The van der Waals surface area contributed by atoms with E-state index in [0.29, 0.717) is 5.69 Å². The Hall–Kier alpha value is -3.17. The molecule has 33 heavy (non-hydrogen) atoms. The number of anilines is 3. The van der Waals surface area contributed by atoms with Crippen LogP contribution in [0.15, 0.2) is 36.5 Å². The van der Waals surface area contributed by atoms with E-state index in [1.54, 1.807) is 30.3 Å². The van der Waals surface area contributed by atoms with Gasteiger partial charge in [-0.05, 0) is 44.2 Å². The highest BCUT2D eigenvalue weighted by Gasteiger charge is 2.36. The van der Waals surface area contributed by atoms with Gasteiger partial charge in [0.2, 0.25) is 5.95 Å². The summed E-state index contributed by atoms with van der Waals surface area (Å²) in [6.45, 7) is 0.961. The third kappa shape index (κ3) is 4.79.